The fourth-order valence-corrected chi connectivity index (χ4v) is 2.31. The van der Waals surface area contributed by atoms with Gasteiger partial charge in [0.2, 0.25) is 0 Å². The van der Waals surface area contributed by atoms with Gasteiger partial charge in [-0.15, -0.1) is 6.58 Å². The van der Waals surface area contributed by atoms with Gasteiger partial charge < -0.3 is 10.4 Å². The number of carbonyl (C=O) groups is 1. The summed E-state index contributed by atoms with van der Waals surface area (Å²) in [5.74, 6) is -0.0632. The Balaban J connectivity index is 2.46. The molecule has 1 amide bonds. The minimum Gasteiger partial charge on any atom is -0.508 e. The van der Waals surface area contributed by atoms with Crippen molar-refractivity contribution in [2.45, 2.75) is 12.8 Å². The van der Waals surface area contributed by atoms with Gasteiger partial charge >= 0.3 is 0 Å². The summed E-state index contributed by atoms with van der Waals surface area (Å²) in [6.07, 6.45) is 2.95. The topological polar surface area (TPSA) is 49.3 Å². The zero-order valence-electron chi connectivity index (χ0n) is 12.1. The van der Waals surface area contributed by atoms with E-state index in [1.807, 2.05) is 36.4 Å². The van der Waals surface area contributed by atoms with Crippen molar-refractivity contribution in [3.05, 3.63) is 77.4 Å². The quantitative estimate of drug-likeness (QED) is 0.827. The molecule has 0 spiro atoms. The molecule has 21 heavy (non-hydrogen) atoms. The average molecular weight is 281 g/mol. The minimum atomic E-state index is -0.193. The molecule has 0 saturated heterocycles. The molecular formula is C18H19NO2. The van der Waals surface area contributed by atoms with Crippen molar-refractivity contribution >= 4 is 5.91 Å². The molecule has 0 aromatic heterocycles. The zero-order chi connectivity index (χ0) is 15.2. The van der Waals surface area contributed by atoms with Crippen LogP contribution in [-0.2, 0) is 12.8 Å². The highest BCUT2D eigenvalue weighted by atomic mass is 16.3. The van der Waals surface area contributed by atoms with Crippen LogP contribution in [0.1, 0.15) is 27.0 Å². The Hall–Kier alpha value is -2.55. The molecule has 0 aliphatic heterocycles. The van der Waals surface area contributed by atoms with Crippen LogP contribution in [0.15, 0.2) is 55.1 Å². The number of hydrogen-bond donors (Lipinski definition) is 2. The van der Waals surface area contributed by atoms with Crippen molar-refractivity contribution in [3.8, 4) is 5.75 Å². The van der Waals surface area contributed by atoms with Crippen LogP contribution in [0.5, 0.6) is 5.75 Å². The van der Waals surface area contributed by atoms with E-state index < -0.39 is 0 Å². The number of rotatable bonds is 5. The predicted molar refractivity (Wildman–Crippen MR) is 84.6 cm³/mol. The van der Waals surface area contributed by atoms with Gasteiger partial charge in [0.15, 0.2) is 0 Å². The van der Waals surface area contributed by atoms with Gasteiger partial charge in [0, 0.05) is 12.6 Å². The second-order valence-electron chi connectivity index (χ2n) is 4.87. The highest BCUT2D eigenvalue weighted by Gasteiger charge is 2.14. The number of hydrogen-bond acceptors (Lipinski definition) is 2. The van der Waals surface area contributed by atoms with Gasteiger partial charge in [-0.1, -0.05) is 42.5 Å². The first kappa shape index (κ1) is 14.9. The van der Waals surface area contributed by atoms with E-state index in [-0.39, 0.29) is 11.7 Å². The first-order chi connectivity index (χ1) is 10.2. The Morgan fingerprint density at radius 2 is 1.95 bits per heavy atom. The third kappa shape index (κ3) is 3.51. The molecule has 2 rings (SSSR count). The number of aromatic hydroxyl groups is 1. The maximum absolute atomic E-state index is 12.0. The normalized spacial score (nSPS) is 10.1. The van der Waals surface area contributed by atoms with Crippen molar-refractivity contribution in [1.82, 2.24) is 5.32 Å². The molecular weight excluding hydrogens is 262 g/mol. The fraction of sp³-hybridized carbons (Fsp3) is 0.167. The van der Waals surface area contributed by atoms with Crippen LogP contribution < -0.4 is 5.32 Å². The molecule has 0 saturated carbocycles. The number of allylic oxidation sites excluding steroid dienone is 1. The second-order valence-corrected chi connectivity index (χ2v) is 4.87. The number of amides is 1. The molecule has 0 bridgehead atoms. The van der Waals surface area contributed by atoms with Crippen molar-refractivity contribution in [3.63, 3.8) is 0 Å². The molecule has 0 aliphatic carbocycles. The molecule has 0 unspecified atom stereocenters. The van der Waals surface area contributed by atoms with Crippen LogP contribution >= 0.6 is 0 Å². The van der Waals surface area contributed by atoms with E-state index >= 15 is 0 Å². The SMILES string of the molecule is C=CCc1cc(Cc2ccccc2)c(C(=O)NC)cc1O. The molecule has 0 fully saturated rings. The highest BCUT2D eigenvalue weighted by Crippen LogP contribution is 2.25. The van der Waals surface area contributed by atoms with Crippen LogP contribution in [0.3, 0.4) is 0 Å². The standard InChI is InChI=1S/C18H19NO2/c1-3-7-14-11-15(10-13-8-5-4-6-9-13)16(12-17(14)20)18(21)19-2/h3-6,8-9,11-12,20H,1,7,10H2,2H3,(H,19,21). The maximum atomic E-state index is 12.0. The van der Waals surface area contributed by atoms with Crippen molar-refractivity contribution in [2.24, 2.45) is 0 Å². The van der Waals surface area contributed by atoms with E-state index in [4.69, 9.17) is 0 Å². The van der Waals surface area contributed by atoms with E-state index in [0.717, 1.165) is 16.7 Å². The fourth-order valence-electron chi connectivity index (χ4n) is 2.31. The molecule has 2 aromatic rings. The summed E-state index contributed by atoms with van der Waals surface area (Å²) in [6.45, 7) is 3.69. The largest absolute Gasteiger partial charge is 0.508 e. The summed E-state index contributed by atoms with van der Waals surface area (Å²) in [5, 5.41) is 12.6. The molecule has 2 N–H and O–H groups in total. The first-order valence-corrected chi connectivity index (χ1v) is 6.87. The average Bonchev–Trinajstić information content (AvgIpc) is 2.50. The summed E-state index contributed by atoms with van der Waals surface area (Å²) in [4.78, 5) is 12.0. The molecule has 0 heterocycles. The Morgan fingerprint density at radius 3 is 2.57 bits per heavy atom. The van der Waals surface area contributed by atoms with Crippen LogP contribution in [-0.4, -0.2) is 18.1 Å². The van der Waals surface area contributed by atoms with Crippen LogP contribution in [0.25, 0.3) is 0 Å². The predicted octanol–water partition coefficient (Wildman–Crippen LogP) is 3.07. The van der Waals surface area contributed by atoms with Gasteiger partial charge in [-0.3, -0.25) is 4.79 Å². The monoisotopic (exact) mass is 281 g/mol. The summed E-state index contributed by atoms with van der Waals surface area (Å²) in [7, 11) is 1.59. The summed E-state index contributed by atoms with van der Waals surface area (Å²) in [6, 6.07) is 13.4. The third-order valence-corrected chi connectivity index (χ3v) is 3.38. The second kappa shape index (κ2) is 6.75. The van der Waals surface area contributed by atoms with E-state index in [0.29, 0.717) is 18.4 Å². The smallest absolute Gasteiger partial charge is 0.251 e. The van der Waals surface area contributed by atoms with Gasteiger partial charge in [-0.05, 0) is 35.6 Å². The molecule has 0 radical (unpaired) electrons. The van der Waals surface area contributed by atoms with Gasteiger partial charge in [0.1, 0.15) is 5.75 Å². The van der Waals surface area contributed by atoms with Gasteiger partial charge in [-0.25, -0.2) is 0 Å². The summed E-state index contributed by atoms with van der Waals surface area (Å²) >= 11 is 0. The number of benzene rings is 2. The molecule has 0 atom stereocenters. The Kier molecular flexibility index (Phi) is 4.77. The van der Waals surface area contributed by atoms with E-state index in [1.165, 1.54) is 6.07 Å². The van der Waals surface area contributed by atoms with Crippen LogP contribution in [0, 0.1) is 0 Å². The molecule has 3 nitrogen and oxygen atoms in total. The summed E-state index contributed by atoms with van der Waals surface area (Å²) < 4.78 is 0. The highest BCUT2D eigenvalue weighted by molar-refractivity contribution is 5.96. The maximum Gasteiger partial charge on any atom is 0.251 e. The Bertz CT molecular complexity index is 648. The van der Waals surface area contributed by atoms with Gasteiger partial charge in [0.25, 0.3) is 5.91 Å². The lowest BCUT2D eigenvalue weighted by atomic mass is 9.95. The number of nitrogens with one attached hydrogen (secondary N) is 1. The van der Waals surface area contributed by atoms with Crippen molar-refractivity contribution in [2.75, 3.05) is 7.05 Å². The lowest BCUT2D eigenvalue weighted by molar-refractivity contribution is 0.0962. The van der Waals surface area contributed by atoms with E-state index in [9.17, 15) is 9.90 Å². The third-order valence-electron chi connectivity index (χ3n) is 3.38. The van der Waals surface area contributed by atoms with Gasteiger partial charge in [-0.2, -0.15) is 0 Å². The van der Waals surface area contributed by atoms with Gasteiger partial charge in [0.05, 0.1) is 0 Å². The van der Waals surface area contributed by atoms with E-state index in [2.05, 4.69) is 11.9 Å². The number of phenolic OH excluding ortho intramolecular Hbond substituents is 1. The van der Waals surface area contributed by atoms with Crippen molar-refractivity contribution in [1.29, 1.82) is 0 Å². The first-order valence-electron chi connectivity index (χ1n) is 6.87. The van der Waals surface area contributed by atoms with Crippen LogP contribution in [0.4, 0.5) is 0 Å². The molecule has 3 heteroatoms. The lowest BCUT2D eigenvalue weighted by Gasteiger charge is -2.12. The minimum absolute atomic E-state index is 0.130. The molecule has 0 aliphatic rings. The number of phenols is 1. The van der Waals surface area contributed by atoms with E-state index in [1.54, 1.807) is 13.1 Å². The zero-order valence-corrected chi connectivity index (χ0v) is 12.1. The summed E-state index contributed by atoms with van der Waals surface area (Å²) in [5.41, 5.74) is 3.31. The lowest BCUT2D eigenvalue weighted by Crippen LogP contribution is -2.20. The van der Waals surface area contributed by atoms with Crippen molar-refractivity contribution < 1.29 is 9.90 Å². The molecule has 2 aromatic carbocycles. The molecule has 108 valence electrons. The van der Waals surface area contributed by atoms with Crippen LogP contribution in [0.2, 0.25) is 0 Å². The Labute approximate surface area is 124 Å². The Morgan fingerprint density at radius 1 is 1.24 bits per heavy atom. The number of carbonyl (C=O) groups excluding carboxylic acids is 1.